The number of hydrogen-bond acceptors (Lipinski definition) is 7. The third-order valence-corrected chi connectivity index (χ3v) is 6.64. The van der Waals surface area contributed by atoms with Crippen molar-refractivity contribution < 1.29 is 27.4 Å². The number of pyridine rings is 1. The zero-order chi connectivity index (χ0) is 22.1. The summed E-state index contributed by atoms with van der Waals surface area (Å²) in [6.07, 6.45) is 2.29. The van der Waals surface area contributed by atoms with Gasteiger partial charge in [-0.05, 0) is 30.2 Å². The second-order valence-electron chi connectivity index (χ2n) is 6.93. The average molecular weight is 450 g/mol. The molecule has 1 aliphatic rings. The second-order valence-corrected chi connectivity index (χ2v) is 8.87. The summed E-state index contributed by atoms with van der Waals surface area (Å²) in [5, 5.41) is 2.79. The molecule has 9 nitrogen and oxygen atoms in total. The van der Waals surface area contributed by atoms with E-state index in [0.717, 1.165) is 5.56 Å². The van der Waals surface area contributed by atoms with E-state index in [1.807, 2.05) is 0 Å². The summed E-state index contributed by atoms with van der Waals surface area (Å²) in [5.74, 6) is 0.307. The topological polar surface area (TPSA) is 107 Å². The highest BCUT2D eigenvalue weighted by Crippen LogP contribution is 2.18. The number of aryl methyl sites for hydroxylation is 1. The van der Waals surface area contributed by atoms with Gasteiger partial charge < -0.3 is 19.5 Å². The van der Waals surface area contributed by atoms with Crippen molar-refractivity contribution in [2.24, 2.45) is 0 Å². The predicted octanol–water partition coefficient (Wildman–Crippen LogP) is 1.70. The first-order chi connectivity index (χ1) is 15.0. The molecule has 1 amide bonds. The number of rotatable bonds is 10. The highest BCUT2D eigenvalue weighted by Gasteiger charge is 2.26. The molecule has 1 aliphatic heterocycles. The average Bonchev–Trinajstić information content (AvgIpc) is 2.80. The molecule has 1 N–H and O–H groups in total. The fourth-order valence-electron chi connectivity index (χ4n) is 3.01. The maximum absolute atomic E-state index is 12.7. The Balaban J connectivity index is 1.48. The van der Waals surface area contributed by atoms with Crippen LogP contribution >= 0.6 is 0 Å². The van der Waals surface area contributed by atoms with Crippen LogP contribution in [0.15, 0.2) is 47.5 Å². The number of aromatic nitrogens is 1. The van der Waals surface area contributed by atoms with Crippen LogP contribution in [0.1, 0.15) is 12.0 Å². The summed E-state index contributed by atoms with van der Waals surface area (Å²) >= 11 is 0. The number of nitrogens with zero attached hydrogens (tertiary/aromatic N) is 2. The Bertz CT molecular complexity index is 942. The van der Waals surface area contributed by atoms with Gasteiger partial charge in [-0.15, -0.1) is 0 Å². The molecular weight excluding hydrogens is 422 g/mol. The first-order valence-electron chi connectivity index (χ1n) is 10.0. The van der Waals surface area contributed by atoms with Crippen LogP contribution in [0, 0.1) is 0 Å². The van der Waals surface area contributed by atoms with E-state index in [4.69, 9.17) is 14.2 Å². The smallest absolute Gasteiger partial charge is 0.243 e. The molecule has 3 rings (SSSR count). The molecule has 168 valence electrons. The Morgan fingerprint density at radius 3 is 2.52 bits per heavy atom. The molecule has 0 saturated carbocycles. The number of nitrogens with one attached hydrogen (secondary N) is 1. The lowest BCUT2D eigenvalue weighted by Crippen LogP contribution is -2.40. The van der Waals surface area contributed by atoms with Crippen LogP contribution in [0.25, 0.3) is 0 Å². The van der Waals surface area contributed by atoms with Gasteiger partial charge >= 0.3 is 0 Å². The number of carbonyl (C=O) groups excluding carboxylic acids is 1. The summed E-state index contributed by atoms with van der Waals surface area (Å²) in [6.45, 7) is 2.41. The van der Waals surface area contributed by atoms with Gasteiger partial charge in [-0.3, -0.25) is 4.79 Å². The monoisotopic (exact) mass is 449 g/mol. The van der Waals surface area contributed by atoms with E-state index in [1.54, 1.807) is 43.5 Å². The van der Waals surface area contributed by atoms with Crippen molar-refractivity contribution >= 4 is 21.6 Å². The van der Waals surface area contributed by atoms with Gasteiger partial charge in [0.15, 0.2) is 0 Å². The molecule has 1 aromatic heterocycles. The number of sulfonamides is 1. The maximum Gasteiger partial charge on any atom is 0.243 e. The fraction of sp³-hybridized carbons (Fsp3) is 0.429. The Labute approximate surface area is 182 Å². The van der Waals surface area contributed by atoms with Gasteiger partial charge in [0.05, 0.1) is 36.6 Å². The molecule has 2 aromatic rings. The first-order valence-corrected chi connectivity index (χ1v) is 11.5. The molecule has 1 aromatic carbocycles. The molecule has 0 atom stereocenters. The van der Waals surface area contributed by atoms with Crippen molar-refractivity contribution in [3.05, 3.63) is 48.2 Å². The third-order valence-electron chi connectivity index (χ3n) is 4.73. The van der Waals surface area contributed by atoms with Gasteiger partial charge in [-0.1, -0.05) is 12.1 Å². The maximum atomic E-state index is 12.7. The minimum absolute atomic E-state index is 0.153. The minimum atomic E-state index is -3.51. The lowest BCUT2D eigenvalue weighted by molar-refractivity contribution is -0.116. The lowest BCUT2D eigenvalue weighted by Gasteiger charge is -2.26. The minimum Gasteiger partial charge on any atom is -0.475 e. The third kappa shape index (κ3) is 6.73. The van der Waals surface area contributed by atoms with Crippen LogP contribution in [0.3, 0.4) is 0 Å². The molecule has 0 unspecified atom stereocenters. The Kier molecular flexibility index (Phi) is 8.35. The van der Waals surface area contributed by atoms with Gasteiger partial charge in [0, 0.05) is 32.7 Å². The Hall–Kier alpha value is -2.53. The number of benzene rings is 1. The van der Waals surface area contributed by atoms with Crippen LogP contribution in [-0.4, -0.2) is 70.2 Å². The zero-order valence-corrected chi connectivity index (χ0v) is 18.3. The highest BCUT2D eigenvalue weighted by molar-refractivity contribution is 7.89. The van der Waals surface area contributed by atoms with Gasteiger partial charge in [-0.25, -0.2) is 13.4 Å². The molecule has 1 saturated heterocycles. The summed E-state index contributed by atoms with van der Waals surface area (Å²) in [7, 11) is -1.92. The number of ether oxygens (including phenoxy) is 3. The van der Waals surface area contributed by atoms with E-state index in [0.29, 0.717) is 57.5 Å². The molecule has 31 heavy (non-hydrogen) atoms. The van der Waals surface area contributed by atoms with Crippen LogP contribution in [0.5, 0.6) is 5.88 Å². The van der Waals surface area contributed by atoms with Crippen LogP contribution < -0.4 is 10.1 Å². The van der Waals surface area contributed by atoms with Gasteiger partial charge in [0.2, 0.25) is 21.8 Å². The Morgan fingerprint density at radius 2 is 1.87 bits per heavy atom. The van der Waals surface area contributed by atoms with E-state index in [2.05, 4.69) is 10.3 Å². The number of carbonyl (C=O) groups is 1. The fourth-order valence-corrected chi connectivity index (χ4v) is 4.42. The SMILES string of the molecule is COCCOc1ccc(NC(=O)CCc2ccc(S(=O)(=O)N3CCOCC3)cc2)cn1. The van der Waals surface area contributed by atoms with E-state index >= 15 is 0 Å². The van der Waals surface area contributed by atoms with E-state index in [-0.39, 0.29) is 17.2 Å². The number of amides is 1. The second kappa shape index (κ2) is 11.2. The van der Waals surface area contributed by atoms with Crippen molar-refractivity contribution in [2.75, 3.05) is 51.9 Å². The summed E-state index contributed by atoms with van der Waals surface area (Å²) in [5.41, 5.74) is 1.46. The number of methoxy groups -OCH3 is 1. The van der Waals surface area contributed by atoms with Crippen molar-refractivity contribution in [2.45, 2.75) is 17.7 Å². The molecular formula is C21H27N3O6S. The summed E-state index contributed by atoms with van der Waals surface area (Å²) < 4.78 is 42.2. The Morgan fingerprint density at radius 1 is 1.13 bits per heavy atom. The predicted molar refractivity (Wildman–Crippen MR) is 115 cm³/mol. The van der Waals surface area contributed by atoms with Gasteiger partial charge in [0.1, 0.15) is 6.61 Å². The van der Waals surface area contributed by atoms with E-state index in [9.17, 15) is 13.2 Å². The molecule has 0 aliphatic carbocycles. The number of morpholine rings is 1. The molecule has 1 fully saturated rings. The standard InChI is InChI=1S/C21H27N3O6S/c1-28-14-15-30-21-9-5-18(16-22-21)23-20(25)8-4-17-2-6-19(7-3-17)31(26,27)24-10-12-29-13-11-24/h2-3,5-7,9,16H,4,8,10-15H2,1H3,(H,23,25). The zero-order valence-electron chi connectivity index (χ0n) is 17.5. The molecule has 0 radical (unpaired) electrons. The lowest BCUT2D eigenvalue weighted by atomic mass is 10.1. The quantitative estimate of drug-likeness (QED) is 0.550. The summed E-state index contributed by atoms with van der Waals surface area (Å²) in [6, 6.07) is 10.1. The highest BCUT2D eigenvalue weighted by atomic mass is 32.2. The molecule has 0 spiro atoms. The molecule has 0 bridgehead atoms. The first kappa shape index (κ1) is 23.1. The van der Waals surface area contributed by atoms with Gasteiger partial charge in [-0.2, -0.15) is 4.31 Å². The largest absolute Gasteiger partial charge is 0.475 e. The van der Waals surface area contributed by atoms with Crippen molar-refractivity contribution in [3.8, 4) is 5.88 Å². The normalized spacial score (nSPS) is 14.9. The van der Waals surface area contributed by atoms with Crippen molar-refractivity contribution in [3.63, 3.8) is 0 Å². The van der Waals surface area contributed by atoms with Crippen molar-refractivity contribution in [1.82, 2.24) is 9.29 Å². The van der Waals surface area contributed by atoms with E-state index < -0.39 is 10.0 Å². The number of anilines is 1. The summed E-state index contributed by atoms with van der Waals surface area (Å²) in [4.78, 5) is 16.6. The molecule has 10 heteroatoms. The van der Waals surface area contributed by atoms with E-state index in [1.165, 1.54) is 10.5 Å². The number of hydrogen-bond donors (Lipinski definition) is 1. The van der Waals surface area contributed by atoms with Crippen LogP contribution in [0.2, 0.25) is 0 Å². The molecule has 2 heterocycles. The van der Waals surface area contributed by atoms with Crippen LogP contribution in [-0.2, 0) is 30.7 Å². The van der Waals surface area contributed by atoms with Crippen molar-refractivity contribution in [1.29, 1.82) is 0 Å². The van der Waals surface area contributed by atoms with Gasteiger partial charge in [0.25, 0.3) is 0 Å². The van der Waals surface area contributed by atoms with Crippen LogP contribution in [0.4, 0.5) is 5.69 Å².